The Morgan fingerprint density at radius 1 is 1.00 bits per heavy atom. The number of ether oxygens (including phenoxy) is 4. The Morgan fingerprint density at radius 3 is 2.51 bits per heavy atom. The van der Waals surface area contributed by atoms with E-state index in [-0.39, 0.29) is 18.2 Å². The Labute approximate surface area is 217 Å². The zero-order valence-electron chi connectivity index (χ0n) is 20.0. The molecule has 0 spiro atoms. The standard InChI is InChI=1S/C27H23ClFN3O5/c1-34-24-15-23-20(27(31-16-30-23)32-18-6-9-22(29)21(28)13-18)14-25(24)37-12-11-36-19-7-3-17(4-8-19)5-10-26(33)35-2/h3-10,13-16H,11-12H2,1-2H3,(H,30,31,32). The van der Waals surface area contributed by atoms with Crippen LogP contribution in [0.4, 0.5) is 15.9 Å². The predicted molar refractivity (Wildman–Crippen MR) is 139 cm³/mol. The highest BCUT2D eigenvalue weighted by Crippen LogP contribution is 2.35. The van der Waals surface area contributed by atoms with Crippen molar-refractivity contribution in [3.63, 3.8) is 0 Å². The number of carbonyl (C=O) groups excluding carboxylic acids is 1. The number of methoxy groups -OCH3 is 2. The summed E-state index contributed by atoms with van der Waals surface area (Å²) in [6, 6.07) is 15.1. The summed E-state index contributed by atoms with van der Waals surface area (Å²) in [5, 5.41) is 3.82. The fourth-order valence-electron chi connectivity index (χ4n) is 3.37. The lowest BCUT2D eigenvalue weighted by Crippen LogP contribution is -2.09. The number of anilines is 2. The van der Waals surface area contributed by atoms with Crippen LogP contribution < -0.4 is 19.5 Å². The minimum Gasteiger partial charge on any atom is -0.493 e. The smallest absolute Gasteiger partial charge is 0.330 e. The molecule has 0 aliphatic heterocycles. The molecule has 0 atom stereocenters. The number of carbonyl (C=O) groups is 1. The van der Waals surface area contributed by atoms with Gasteiger partial charge in [0.05, 0.1) is 24.8 Å². The molecule has 190 valence electrons. The number of aromatic nitrogens is 2. The second-order valence-electron chi connectivity index (χ2n) is 7.62. The summed E-state index contributed by atoms with van der Waals surface area (Å²) in [5.74, 6) is 1.21. The molecule has 4 aromatic rings. The van der Waals surface area contributed by atoms with Gasteiger partial charge in [-0.15, -0.1) is 0 Å². The summed E-state index contributed by atoms with van der Waals surface area (Å²) in [7, 11) is 2.87. The van der Waals surface area contributed by atoms with Gasteiger partial charge in [-0.2, -0.15) is 0 Å². The lowest BCUT2D eigenvalue weighted by Gasteiger charge is -2.14. The highest BCUT2D eigenvalue weighted by atomic mass is 35.5. The lowest BCUT2D eigenvalue weighted by atomic mass is 10.2. The van der Waals surface area contributed by atoms with E-state index in [2.05, 4.69) is 20.0 Å². The third kappa shape index (κ3) is 6.65. The Kier molecular flexibility index (Phi) is 8.37. The van der Waals surface area contributed by atoms with E-state index < -0.39 is 11.8 Å². The monoisotopic (exact) mass is 523 g/mol. The maximum atomic E-state index is 13.5. The van der Waals surface area contributed by atoms with Gasteiger partial charge in [-0.05, 0) is 48.0 Å². The fourth-order valence-corrected chi connectivity index (χ4v) is 3.55. The molecule has 8 nitrogen and oxygen atoms in total. The first-order valence-corrected chi connectivity index (χ1v) is 11.5. The van der Waals surface area contributed by atoms with Crippen molar-refractivity contribution in [2.24, 2.45) is 0 Å². The quantitative estimate of drug-likeness (QED) is 0.158. The van der Waals surface area contributed by atoms with Crippen LogP contribution in [-0.4, -0.2) is 43.4 Å². The second-order valence-corrected chi connectivity index (χ2v) is 8.03. The number of esters is 1. The van der Waals surface area contributed by atoms with Gasteiger partial charge in [0.2, 0.25) is 0 Å². The first-order chi connectivity index (χ1) is 18.0. The van der Waals surface area contributed by atoms with Crippen LogP contribution in [0.25, 0.3) is 17.0 Å². The summed E-state index contributed by atoms with van der Waals surface area (Å²) in [4.78, 5) is 19.8. The van der Waals surface area contributed by atoms with Gasteiger partial charge in [0.15, 0.2) is 11.5 Å². The van der Waals surface area contributed by atoms with E-state index in [4.69, 9.17) is 25.8 Å². The van der Waals surface area contributed by atoms with Crippen molar-refractivity contribution in [1.29, 1.82) is 0 Å². The normalized spacial score (nSPS) is 10.9. The van der Waals surface area contributed by atoms with Crippen molar-refractivity contribution >= 4 is 46.1 Å². The molecule has 3 aromatic carbocycles. The Morgan fingerprint density at radius 2 is 1.78 bits per heavy atom. The van der Waals surface area contributed by atoms with Gasteiger partial charge in [0, 0.05) is 23.2 Å². The largest absolute Gasteiger partial charge is 0.493 e. The molecule has 0 amide bonds. The van der Waals surface area contributed by atoms with E-state index in [1.54, 1.807) is 43.5 Å². The topological polar surface area (TPSA) is 91.8 Å². The van der Waals surface area contributed by atoms with Crippen molar-refractivity contribution in [3.8, 4) is 17.2 Å². The number of fused-ring (bicyclic) bond motifs is 1. The number of nitrogens with one attached hydrogen (secondary N) is 1. The van der Waals surface area contributed by atoms with Crippen LogP contribution in [-0.2, 0) is 9.53 Å². The number of nitrogens with zero attached hydrogens (tertiary/aromatic N) is 2. The van der Waals surface area contributed by atoms with Gasteiger partial charge in [0.1, 0.15) is 36.9 Å². The SMILES string of the molecule is COC(=O)C=Cc1ccc(OCCOc2cc3c(Nc4ccc(F)c(Cl)c4)ncnc3cc2OC)cc1. The van der Waals surface area contributed by atoms with Gasteiger partial charge < -0.3 is 24.3 Å². The molecule has 0 bridgehead atoms. The van der Waals surface area contributed by atoms with Gasteiger partial charge >= 0.3 is 5.97 Å². The molecule has 0 fully saturated rings. The molecule has 0 unspecified atom stereocenters. The van der Waals surface area contributed by atoms with E-state index in [1.165, 1.54) is 31.6 Å². The molecule has 1 aromatic heterocycles. The molecule has 0 saturated heterocycles. The van der Waals surface area contributed by atoms with Crippen molar-refractivity contribution in [2.75, 3.05) is 32.8 Å². The van der Waals surface area contributed by atoms with Crippen LogP contribution in [0, 0.1) is 5.82 Å². The van der Waals surface area contributed by atoms with E-state index >= 15 is 0 Å². The van der Waals surface area contributed by atoms with E-state index in [0.717, 1.165) is 5.56 Å². The summed E-state index contributed by atoms with van der Waals surface area (Å²) >= 11 is 5.90. The first-order valence-electron chi connectivity index (χ1n) is 11.1. The maximum absolute atomic E-state index is 13.5. The number of rotatable bonds is 10. The highest BCUT2D eigenvalue weighted by molar-refractivity contribution is 6.31. The molecule has 37 heavy (non-hydrogen) atoms. The van der Waals surface area contributed by atoms with Crippen LogP contribution in [0.3, 0.4) is 0 Å². The van der Waals surface area contributed by atoms with Gasteiger partial charge in [0.25, 0.3) is 0 Å². The highest BCUT2D eigenvalue weighted by Gasteiger charge is 2.13. The van der Waals surface area contributed by atoms with Crippen LogP contribution in [0.1, 0.15) is 5.56 Å². The van der Waals surface area contributed by atoms with Crippen LogP contribution in [0.15, 0.2) is 67.0 Å². The molecule has 1 N–H and O–H groups in total. The van der Waals surface area contributed by atoms with Crippen molar-refractivity contribution in [3.05, 3.63) is 83.4 Å². The average molecular weight is 524 g/mol. The molecular formula is C27H23ClFN3O5. The lowest BCUT2D eigenvalue weighted by molar-refractivity contribution is -0.134. The minimum absolute atomic E-state index is 0.00125. The second kappa shape index (κ2) is 12.0. The third-order valence-electron chi connectivity index (χ3n) is 5.21. The summed E-state index contributed by atoms with van der Waals surface area (Å²) in [6.45, 7) is 0.527. The number of hydrogen-bond acceptors (Lipinski definition) is 8. The minimum atomic E-state index is -0.506. The molecular weight excluding hydrogens is 501 g/mol. The molecule has 0 aliphatic carbocycles. The van der Waals surface area contributed by atoms with Crippen molar-refractivity contribution in [1.82, 2.24) is 9.97 Å². The number of hydrogen-bond donors (Lipinski definition) is 1. The van der Waals surface area contributed by atoms with E-state index in [1.807, 2.05) is 12.1 Å². The van der Waals surface area contributed by atoms with Crippen LogP contribution >= 0.6 is 11.6 Å². The maximum Gasteiger partial charge on any atom is 0.330 e. The Hall–Kier alpha value is -4.37. The molecule has 1 heterocycles. The summed E-state index contributed by atoms with van der Waals surface area (Å²) < 4.78 is 35.3. The Balaban J connectivity index is 1.43. The first kappa shape index (κ1) is 25.7. The number of halogens is 2. The number of benzene rings is 3. The van der Waals surface area contributed by atoms with Gasteiger partial charge in [-0.25, -0.2) is 19.2 Å². The third-order valence-corrected chi connectivity index (χ3v) is 5.50. The van der Waals surface area contributed by atoms with Crippen molar-refractivity contribution < 1.29 is 28.1 Å². The summed E-state index contributed by atoms with van der Waals surface area (Å²) in [5.41, 5.74) is 2.04. The zero-order chi connectivity index (χ0) is 26.2. The molecule has 4 rings (SSSR count). The van der Waals surface area contributed by atoms with Gasteiger partial charge in [-0.1, -0.05) is 23.7 Å². The van der Waals surface area contributed by atoms with E-state index in [0.29, 0.717) is 39.7 Å². The Bertz CT molecular complexity index is 1430. The molecule has 0 aliphatic rings. The molecule has 0 radical (unpaired) electrons. The van der Waals surface area contributed by atoms with Crippen molar-refractivity contribution in [2.45, 2.75) is 0 Å². The molecule has 10 heteroatoms. The van der Waals surface area contributed by atoms with Crippen LogP contribution in [0.2, 0.25) is 5.02 Å². The zero-order valence-corrected chi connectivity index (χ0v) is 20.8. The average Bonchev–Trinajstić information content (AvgIpc) is 2.92. The van der Waals surface area contributed by atoms with Gasteiger partial charge in [-0.3, -0.25) is 0 Å². The van der Waals surface area contributed by atoms with E-state index in [9.17, 15) is 9.18 Å². The fraction of sp³-hybridized carbons (Fsp3) is 0.148. The molecule has 0 saturated carbocycles. The predicted octanol–water partition coefficient (Wildman–Crippen LogP) is 5.82. The summed E-state index contributed by atoms with van der Waals surface area (Å²) in [6.07, 6.45) is 4.42. The van der Waals surface area contributed by atoms with Crippen LogP contribution in [0.5, 0.6) is 17.2 Å².